The highest BCUT2D eigenvalue weighted by atomic mass is 35.5. The van der Waals surface area contributed by atoms with E-state index >= 15 is 0 Å². The normalized spacial score (nSPS) is 15.1. The van der Waals surface area contributed by atoms with Gasteiger partial charge < -0.3 is 19.6 Å². The first kappa shape index (κ1) is 28.3. The molecule has 3 atom stereocenters. The van der Waals surface area contributed by atoms with E-state index in [1.165, 1.54) is 0 Å². The average Bonchev–Trinajstić information content (AvgIpc) is 3.28. The zero-order valence-corrected chi connectivity index (χ0v) is 24.0. The topological polar surface area (TPSA) is 114 Å². The fraction of sp³-hybridized carbons (Fsp3) is 0.407. The van der Waals surface area contributed by atoms with Crippen LogP contribution in [0.3, 0.4) is 0 Å². The summed E-state index contributed by atoms with van der Waals surface area (Å²) in [5.74, 6) is 1.62. The lowest BCUT2D eigenvalue weighted by atomic mass is 10.1. The predicted octanol–water partition coefficient (Wildman–Crippen LogP) is 6.76. The Balaban J connectivity index is 1.70. The molecule has 204 valence electrons. The molecular formula is C27H35ClN5O4P. The number of pyridine rings is 1. The van der Waals surface area contributed by atoms with Crippen LogP contribution in [0.15, 0.2) is 48.5 Å². The van der Waals surface area contributed by atoms with Crippen LogP contribution < -0.4 is 15.3 Å². The first-order valence-corrected chi connectivity index (χ1v) is 14.6. The summed E-state index contributed by atoms with van der Waals surface area (Å²) in [5, 5.41) is 4.54. The number of hydrogen-bond acceptors (Lipinski definition) is 7. The van der Waals surface area contributed by atoms with Crippen LogP contribution in [0, 0.1) is 5.92 Å². The molecule has 2 aromatic carbocycles. The molecule has 38 heavy (non-hydrogen) atoms. The van der Waals surface area contributed by atoms with Crippen molar-refractivity contribution in [3.63, 3.8) is 0 Å². The van der Waals surface area contributed by atoms with Crippen molar-refractivity contribution in [2.75, 3.05) is 18.9 Å². The predicted molar refractivity (Wildman–Crippen MR) is 153 cm³/mol. The summed E-state index contributed by atoms with van der Waals surface area (Å²) in [7, 11) is -3.77. The molecule has 0 fully saturated rings. The van der Waals surface area contributed by atoms with Gasteiger partial charge in [0.15, 0.2) is 5.82 Å². The maximum absolute atomic E-state index is 14.0. The third-order valence-electron chi connectivity index (χ3n) is 6.39. The van der Waals surface area contributed by atoms with E-state index in [2.05, 4.69) is 10.1 Å². The number of para-hydroxylation sites is 1. The van der Waals surface area contributed by atoms with E-state index in [4.69, 9.17) is 36.1 Å². The Hall–Kier alpha value is -2.68. The standard InChI is InChI=1S/C27H35ClN5O4P/c1-6-35-16-24-31-25-26(22-9-7-8-10-23(22)30-27(25)29)33(24)18(4)15-36-38(34,32-19(5)17(2)3)37-21-13-11-20(28)12-14-21/h7-14,17-19H,6,15-16H2,1-5H3,(H2,29,30)(H,32,34)/t18-,19-,38-/m0/s1. The lowest BCUT2D eigenvalue weighted by molar-refractivity contribution is 0.123. The Morgan fingerprint density at radius 1 is 1.08 bits per heavy atom. The van der Waals surface area contributed by atoms with Gasteiger partial charge >= 0.3 is 7.75 Å². The van der Waals surface area contributed by atoms with Gasteiger partial charge in [-0.25, -0.2) is 19.6 Å². The van der Waals surface area contributed by atoms with E-state index in [1.807, 2.05) is 63.5 Å². The number of nitrogens with one attached hydrogen (secondary N) is 1. The quantitative estimate of drug-likeness (QED) is 0.183. The van der Waals surface area contributed by atoms with Crippen molar-refractivity contribution in [3.8, 4) is 5.75 Å². The molecule has 3 N–H and O–H groups in total. The van der Waals surface area contributed by atoms with Gasteiger partial charge in [0.2, 0.25) is 0 Å². The molecule has 11 heteroatoms. The van der Waals surface area contributed by atoms with Gasteiger partial charge in [0.1, 0.15) is 23.7 Å². The number of aromatic nitrogens is 3. The van der Waals surface area contributed by atoms with Gasteiger partial charge in [-0.15, -0.1) is 0 Å². The minimum absolute atomic E-state index is 0.0732. The molecular weight excluding hydrogens is 525 g/mol. The van der Waals surface area contributed by atoms with Crippen LogP contribution in [0.5, 0.6) is 5.75 Å². The largest absolute Gasteiger partial charge is 0.459 e. The highest BCUT2D eigenvalue weighted by Gasteiger charge is 2.32. The van der Waals surface area contributed by atoms with Crippen molar-refractivity contribution in [1.29, 1.82) is 0 Å². The monoisotopic (exact) mass is 559 g/mol. The molecule has 0 bridgehead atoms. The van der Waals surface area contributed by atoms with Crippen LogP contribution in [0.2, 0.25) is 5.02 Å². The number of ether oxygens (including phenoxy) is 1. The van der Waals surface area contributed by atoms with Crippen LogP contribution in [-0.2, 0) is 20.4 Å². The second-order valence-corrected chi connectivity index (χ2v) is 11.7. The first-order valence-electron chi connectivity index (χ1n) is 12.7. The van der Waals surface area contributed by atoms with Gasteiger partial charge in [-0.3, -0.25) is 4.52 Å². The number of imidazole rings is 1. The molecule has 0 saturated heterocycles. The Morgan fingerprint density at radius 2 is 1.79 bits per heavy atom. The van der Waals surface area contributed by atoms with Crippen LogP contribution in [0.1, 0.15) is 46.5 Å². The minimum atomic E-state index is -3.77. The summed E-state index contributed by atoms with van der Waals surface area (Å²) in [6.07, 6.45) is 0. The van der Waals surface area contributed by atoms with Gasteiger partial charge in [0.05, 0.1) is 23.7 Å². The molecule has 0 aliphatic carbocycles. The molecule has 0 radical (unpaired) electrons. The second-order valence-electron chi connectivity index (χ2n) is 9.60. The van der Waals surface area contributed by atoms with E-state index in [9.17, 15) is 4.57 Å². The van der Waals surface area contributed by atoms with Crippen LogP contribution in [-0.4, -0.2) is 33.8 Å². The van der Waals surface area contributed by atoms with Gasteiger partial charge in [0, 0.05) is 23.1 Å². The highest BCUT2D eigenvalue weighted by molar-refractivity contribution is 7.52. The van der Waals surface area contributed by atoms with Crippen molar-refractivity contribution in [2.24, 2.45) is 5.92 Å². The summed E-state index contributed by atoms with van der Waals surface area (Å²) < 4.78 is 33.7. The third kappa shape index (κ3) is 6.30. The number of nitrogen functional groups attached to an aromatic ring is 1. The molecule has 0 amide bonds. The maximum Gasteiger partial charge on any atom is 0.459 e. The van der Waals surface area contributed by atoms with Crippen molar-refractivity contribution >= 4 is 47.1 Å². The Bertz CT molecular complexity index is 1440. The van der Waals surface area contributed by atoms with Gasteiger partial charge in [-0.1, -0.05) is 43.6 Å². The molecule has 0 unspecified atom stereocenters. The molecule has 0 aliphatic heterocycles. The molecule has 0 saturated carbocycles. The van der Waals surface area contributed by atoms with Crippen molar-refractivity contribution in [2.45, 2.75) is 53.3 Å². The van der Waals surface area contributed by atoms with Crippen LogP contribution >= 0.6 is 19.3 Å². The molecule has 2 heterocycles. The number of fused-ring (bicyclic) bond motifs is 3. The molecule has 9 nitrogen and oxygen atoms in total. The SMILES string of the molecule is CCOCc1nc2c(N)nc3ccccc3c2n1[C@@H](C)CO[P@@](=O)(N[C@@H](C)C(C)C)Oc1ccc(Cl)cc1. The number of hydrogen-bond donors (Lipinski definition) is 2. The van der Waals surface area contributed by atoms with Crippen molar-refractivity contribution in [1.82, 2.24) is 19.6 Å². The Morgan fingerprint density at radius 3 is 2.47 bits per heavy atom. The van der Waals surface area contributed by atoms with Crippen molar-refractivity contribution < 1.29 is 18.3 Å². The third-order valence-corrected chi connectivity index (χ3v) is 8.31. The number of nitrogens with zero attached hydrogens (tertiary/aromatic N) is 3. The van der Waals surface area contributed by atoms with E-state index in [0.29, 0.717) is 34.5 Å². The van der Waals surface area contributed by atoms with Gasteiger partial charge in [-0.2, -0.15) is 0 Å². The second kappa shape index (κ2) is 12.0. The zero-order valence-electron chi connectivity index (χ0n) is 22.3. The Labute approximate surface area is 228 Å². The Kier molecular flexibility index (Phi) is 8.96. The van der Waals surface area contributed by atoms with Gasteiger partial charge in [-0.05, 0) is 57.0 Å². The smallest absolute Gasteiger partial charge is 0.413 e. The fourth-order valence-corrected chi connectivity index (χ4v) is 5.96. The van der Waals surface area contributed by atoms with Crippen LogP contribution in [0.4, 0.5) is 5.82 Å². The van der Waals surface area contributed by atoms with E-state index < -0.39 is 7.75 Å². The summed E-state index contributed by atoms with van der Waals surface area (Å²) in [4.78, 5) is 9.31. The first-order chi connectivity index (χ1) is 18.1. The molecule has 0 aliphatic rings. The average molecular weight is 560 g/mol. The van der Waals surface area contributed by atoms with Crippen LogP contribution in [0.25, 0.3) is 21.9 Å². The zero-order chi connectivity index (χ0) is 27.4. The molecule has 0 spiro atoms. The summed E-state index contributed by atoms with van der Waals surface area (Å²) in [6, 6.07) is 14.0. The van der Waals surface area contributed by atoms with Crippen molar-refractivity contribution in [3.05, 3.63) is 59.4 Å². The van der Waals surface area contributed by atoms with E-state index in [-0.39, 0.29) is 31.2 Å². The summed E-state index contributed by atoms with van der Waals surface area (Å²) >= 11 is 6.02. The lowest BCUT2D eigenvalue weighted by Gasteiger charge is -2.27. The maximum atomic E-state index is 14.0. The number of halogens is 1. The number of nitrogens with two attached hydrogens (primary N) is 1. The number of benzene rings is 2. The summed E-state index contributed by atoms with van der Waals surface area (Å²) in [5.41, 5.74) is 8.50. The summed E-state index contributed by atoms with van der Waals surface area (Å²) in [6.45, 7) is 10.8. The molecule has 2 aromatic heterocycles. The van der Waals surface area contributed by atoms with E-state index in [0.717, 1.165) is 16.4 Å². The lowest BCUT2D eigenvalue weighted by Crippen LogP contribution is -2.31. The molecule has 4 rings (SSSR count). The number of rotatable bonds is 12. The number of anilines is 1. The highest BCUT2D eigenvalue weighted by Crippen LogP contribution is 2.46. The fourth-order valence-electron chi connectivity index (χ4n) is 4.04. The minimum Gasteiger partial charge on any atom is -0.413 e. The molecule has 4 aromatic rings. The van der Waals surface area contributed by atoms with E-state index in [1.54, 1.807) is 24.3 Å². The van der Waals surface area contributed by atoms with Gasteiger partial charge in [0.25, 0.3) is 0 Å².